The first kappa shape index (κ1) is 8.06. The zero-order valence-corrected chi connectivity index (χ0v) is 7.35. The molecule has 1 heteroatoms. The molecule has 0 spiro atoms. The van der Waals surface area contributed by atoms with Crippen molar-refractivity contribution in [2.24, 2.45) is 17.8 Å². The molecule has 1 aliphatic rings. The second-order valence-electron chi connectivity index (χ2n) is 4.03. The van der Waals surface area contributed by atoms with Crippen LogP contribution in [0, 0.1) is 17.8 Å². The van der Waals surface area contributed by atoms with Gasteiger partial charge >= 0.3 is 0 Å². The third-order valence-corrected chi connectivity index (χ3v) is 2.45. The lowest BCUT2D eigenvalue weighted by Gasteiger charge is -2.15. The molecule has 1 saturated heterocycles. The van der Waals surface area contributed by atoms with Crippen molar-refractivity contribution in [3.05, 3.63) is 0 Å². The number of hydrogen-bond donors (Lipinski definition) is 1. The van der Waals surface area contributed by atoms with E-state index in [9.17, 15) is 0 Å². The molecular formula is C9H19N. The van der Waals surface area contributed by atoms with E-state index in [2.05, 4.69) is 26.1 Å². The summed E-state index contributed by atoms with van der Waals surface area (Å²) in [4.78, 5) is 0. The first-order chi connectivity index (χ1) is 4.70. The Kier molecular flexibility index (Phi) is 2.72. The van der Waals surface area contributed by atoms with E-state index in [-0.39, 0.29) is 0 Å². The maximum atomic E-state index is 3.43. The van der Waals surface area contributed by atoms with Gasteiger partial charge in [-0.1, -0.05) is 20.8 Å². The molecule has 0 amide bonds. The van der Waals surface area contributed by atoms with Gasteiger partial charge in [-0.05, 0) is 37.3 Å². The molecule has 2 unspecified atom stereocenters. The quantitative estimate of drug-likeness (QED) is 0.619. The SMILES string of the molecule is CC(C)CC1CNCC1C. The smallest absolute Gasteiger partial charge is 0.00173 e. The highest BCUT2D eigenvalue weighted by Crippen LogP contribution is 2.22. The van der Waals surface area contributed by atoms with Gasteiger partial charge in [0, 0.05) is 0 Å². The van der Waals surface area contributed by atoms with Crippen LogP contribution in [0.3, 0.4) is 0 Å². The Bertz CT molecular complexity index is 98.9. The van der Waals surface area contributed by atoms with Gasteiger partial charge in [0.2, 0.25) is 0 Å². The highest BCUT2D eigenvalue weighted by molar-refractivity contribution is 4.78. The van der Waals surface area contributed by atoms with Crippen LogP contribution in [0.25, 0.3) is 0 Å². The van der Waals surface area contributed by atoms with Crippen molar-refractivity contribution in [2.45, 2.75) is 27.2 Å². The summed E-state index contributed by atoms with van der Waals surface area (Å²) in [6.45, 7) is 9.46. The molecule has 0 aromatic carbocycles. The van der Waals surface area contributed by atoms with E-state index in [1.54, 1.807) is 0 Å². The summed E-state index contributed by atoms with van der Waals surface area (Å²) in [7, 11) is 0. The Morgan fingerprint density at radius 1 is 1.40 bits per heavy atom. The van der Waals surface area contributed by atoms with Gasteiger partial charge in [0.1, 0.15) is 0 Å². The Labute approximate surface area is 64.2 Å². The summed E-state index contributed by atoms with van der Waals surface area (Å²) < 4.78 is 0. The molecule has 0 radical (unpaired) electrons. The van der Waals surface area contributed by atoms with E-state index in [0.717, 1.165) is 17.8 Å². The Hall–Kier alpha value is -0.0400. The van der Waals surface area contributed by atoms with Crippen molar-refractivity contribution in [3.8, 4) is 0 Å². The second-order valence-corrected chi connectivity index (χ2v) is 4.03. The van der Waals surface area contributed by atoms with Gasteiger partial charge in [-0.15, -0.1) is 0 Å². The molecule has 10 heavy (non-hydrogen) atoms. The Morgan fingerprint density at radius 2 is 2.10 bits per heavy atom. The van der Waals surface area contributed by atoms with Gasteiger partial charge < -0.3 is 5.32 Å². The van der Waals surface area contributed by atoms with Gasteiger partial charge in [0.05, 0.1) is 0 Å². The van der Waals surface area contributed by atoms with Crippen LogP contribution in [0.5, 0.6) is 0 Å². The summed E-state index contributed by atoms with van der Waals surface area (Å²) in [5.74, 6) is 2.72. The van der Waals surface area contributed by atoms with E-state index in [1.807, 2.05) is 0 Å². The first-order valence-electron chi connectivity index (χ1n) is 4.41. The van der Waals surface area contributed by atoms with Crippen LogP contribution in [-0.2, 0) is 0 Å². The van der Waals surface area contributed by atoms with Gasteiger partial charge in [-0.25, -0.2) is 0 Å². The molecule has 0 saturated carbocycles. The minimum absolute atomic E-state index is 0.868. The molecule has 0 aliphatic carbocycles. The molecule has 1 nitrogen and oxygen atoms in total. The van der Waals surface area contributed by atoms with E-state index in [0.29, 0.717) is 0 Å². The lowest BCUT2D eigenvalue weighted by atomic mass is 9.89. The van der Waals surface area contributed by atoms with Gasteiger partial charge in [0.15, 0.2) is 0 Å². The molecule has 1 fully saturated rings. The fourth-order valence-electron chi connectivity index (χ4n) is 1.79. The van der Waals surface area contributed by atoms with Crippen LogP contribution in [-0.4, -0.2) is 13.1 Å². The van der Waals surface area contributed by atoms with Crippen molar-refractivity contribution in [1.29, 1.82) is 0 Å². The highest BCUT2D eigenvalue weighted by Gasteiger charge is 2.22. The van der Waals surface area contributed by atoms with Crippen molar-refractivity contribution >= 4 is 0 Å². The number of nitrogens with one attached hydrogen (secondary N) is 1. The van der Waals surface area contributed by atoms with Crippen LogP contribution in [0.15, 0.2) is 0 Å². The second kappa shape index (κ2) is 3.38. The minimum Gasteiger partial charge on any atom is -0.316 e. The molecule has 1 heterocycles. The lowest BCUT2D eigenvalue weighted by molar-refractivity contribution is 0.366. The largest absolute Gasteiger partial charge is 0.316 e. The van der Waals surface area contributed by atoms with E-state index < -0.39 is 0 Å². The van der Waals surface area contributed by atoms with Crippen LogP contribution < -0.4 is 5.32 Å². The third kappa shape index (κ3) is 1.98. The van der Waals surface area contributed by atoms with Crippen molar-refractivity contribution < 1.29 is 0 Å². The maximum Gasteiger partial charge on any atom is -0.00173 e. The fraction of sp³-hybridized carbons (Fsp3) is 1.00. The highest BCUT2D eigenvalue weighted by atomic mass is 14.9. The number of rotatable bonds is 2. The van der Waals surface area contributed by atoms with Gasteiger partial charge in [-0.2, -0.15) is 0 Å². The monoisotopic (exact) mass is 141 g/mol. The summed E-state index contributed by atoms with van der Waals surface area (Å²) in [6.07, 6.45) is 1.40. The summed E-state index contributed by atoms with van der Waals surface area (Å²) in [5, 5.41) is 3.43. The van der Waals surface area contributed by atoms with Crippen LogP contribution in [0.4, 0.5) is 0 Å². The summed E-state index contributed by atoms with van der Waals surface area (Å²) in [5.41, 5.74) is 0. The van der Waals surface area contributed by atoms with E-state index in [1.165, 1.54) is 19.5 Å². The van der Waals surface area contributed by atoms with Crippen molar-refractivity contribution in [1.82, 2.24) is 5.32 Å². The van der Waals surface area contributed by atoms with Crippen LogP contribution >= 0.6 is 0 Å². The summed E-state index contributed by atoms with van der Waals surface area (Å²) in [6, 6.07) is 0. The average molecular weight is 141 g/mol. The maximum absolute atomic E-state index is 3.43. The predicted molar refractivity (Wildman–Crippen MR) is 45.0 cm³/mol. The molecule has 0 aromatic heterocycles. The van der Waals surface area contributed by atoms with Crippen LogP contribution in [0.1, 0.15) is 27.2 Å². The van der Waals surface area contributed by atoms with Gasteiger partial charge in [0.25, 0.3) is 0 Å². The third-order valence-electron chi connectivity index (χ3n) is 2.45. The molecular weight excluding hydrogens is 122 g/mol. The molecule has 0 bridgehead atoms. The van der Waals surface area contributed by atoms with E-state index >= 15 is 0 Å². The molecule has 60 valence electrons. The van der Waals surface area contributed by atoms with Gasteiger partial charge in [-0.3, -0.25) is 0 Å². The first-order valence-corrected chi connectivity index (χ1v) is 4.41. The standard InChI is InChI=1S/C9H19N/c1-7(2)4-9-6-10-5-8(9)3/h7-10H,4-6H2,1-3H3. The topological polar surface area (TPSA) is 12.0 Å². The lowest BCUT2D eigenvalue weighted by Crippen LogP contribution is -2.12. The molecule has 1 rings (SSSR count). The van der Waals surface area contributed by atoms with Crippen molar-refractivity contribution in [3.63, 3.8) is 0 Å². The number of hydrogen-bond acceptors (Lipinski definition) is 1. The summed E-state index contributed by atoms with van der Waals surface area (Å²) >= 11 is 0. The normalized spacial score (nSPS) is 33.6. The van der Waals surface area contributed by atoms with Crippen LogP contribution in [0.2, 0.25) is 0 Å². The minimum atomic E-state index is 0.868. The predicted octanol–water partition coefficient (Wildman–Crippen LogP) is 1.89. The molecule has 1 N–H and O–H groups in total. The average Bonchev–Trinajstić information content (AvgIpc) is 2.15. The Balaban J connectivity index is 2.26. The zero-order valence-electron chi connectivity index (χ0n) is 7.35. The molecule has 0 aromatic rings. The zero-order chi connectivity index (χ0) is 7.56. The molecule has 2 atom stereocenters. The Morgan fingerprint density at radius 3 is 2.50 bits per heavy atom. The fourth-order valence-corrected chi connectivity index (χ4v) is 1.79. The van der Waals surface area contributed by atoms with E-state index in [4.69, 9.17) is 0 Å². The molecule has 1 aliphatic heterocycles. The van der Waals surface area contributed by atoms with Crippen molar-refractivity contribution in [2.75, 3.05) is 13.1 Å².